The summed E-state index contributed by atoms with van der Waals surface area (Å²) in [5, 5.41) is 0. The van der Waals surface area contributed by atoms with E-state index in [4.69, 9.17) is 4.42 Å². The number of piperazine rings is 1. The summed E-state index contributed by atoms with van der Waals surface area (Å²) in [6.07, 6.45) is 3.79. The van der Waals surface area contributed by atoms with Crippen molar-refractivity contribution in [1.29, 1.82) is 0 Å². The topological polar surface area (TPSA) is 82.8 Å². The Kier molecular flexibility index (Phi) is 4.79. The normalized spacial score (nSPS) is 17.4. The van der Waals surface area contributed by atoms with Gasteiger partial charge in [-0.15, -0.1) is 0 Å². The van der Waals surface area contributed by atoms with Crippen LogP contribution in [0, 0.1) is 6.92 Å². The highest BCUT2D eigenvalue weighted by atomic mass is 16.3. The molecule has 2 aliphatic heterocycles. The fourth-order valence-electron chi connectivity index (χ4n) is 3.60. The molecule has 2 aromatic heterocycles. The van der Waals surface area contributed by atoms with Crippen molar-refractivity contribution >= 4 is 17.6 Å². The molecule has 8 nitrogen and oxygen atoms in total. The van der Waals surface area contributed by atoms with Crippen LogP contribution in [-0.4, -0.2) is 70.9 Å². The molecular formula is C19H23N5O3. The molecule has 27 heavy (non-hydrogen) atoms. The molecule has 2 amide bonds. The van der Waals surface area contributed by atoms with Crippen molar-refractivity contribution in [3.05, 3.63) is 41.7 Å². The number of rotatable bonds is 3. The van der Waals surface area contributed by atoms with Crippen LogP contribution in [0.3, 0.4) is 0 Å². The summed E-state index contributed by atoms with van der Waals surface area (Å²) in [4.78, 5) is 39.8. The van der Waals surface area contributed by atoms with Gasteiger partial charge < -0.3 is 19.1 Å². The first-order valence-corrected chi connectivity index (χ1v) is 9.34. The molecule has 142 valence electrons. The quantitative estimate of drug-likeness (QED) is 0.817. The third-order valence-electron chi connectivity index (χ3n) is 5.06. The third kappa shape index (κ3) is 3.65. The van der Waals surface area contributed by atoms with Crippen LogP contribution in [-0.2, 0) is 0 Å². The second-order valence-electron chi connectivity index (χ2n) is 6.91. The number of hydrogen-bond donors (Lipinski definition) is 0. The van der Waals surface area contributed by atoms with Crippen LogP contribution in [0.2, 0.25) is 0 Å². The van der Waals surface area contributed by atoms with Crippen molar-refractivity contribution in [2.24, 2.45) is 0 Å². The maximum absolute atomic E-state index is 12.9. The van der Waals surface area contributed by atoms with Crippen LogP contribution in [0.1, 0.15) is 39.7 Å². The second-order valence-corrected chi connectivity index (χ2v) is 6.91. The number of aromatic nitrogens is 2. The highest BCUT2D eigenvalue weighted by Gasteiger charge is 2.28. The smallest absolute Gasteiger partial charge is 0.289 e. The van der Waals surface area contributed by atoms with Crippen molar-refractivity contribution in [1.82, 2.24) is 19.8 Å². The van der Waals surface area contributed by atoms with Crippen molar-refractivity contribution in [3.8, 4) is 0 Å². The Morgan fingerprint density at radius 2 is 1.63 bits per heavy atom. The van der Waals surface area contributed by atoms with E-state index in [0.29, 0.717) is 43.5 Å². The first-order valence-electron chi connectivity index (χ1n) is 9.34. The van der Waals surface area contributed by atoms with E-state index in [0.717, 1.165) is 31.7 Å². The lowest BCUT2D eigenvalue weighted by atomic mass is 10.2. The molecule has 0 N–H and O–H groups in total. The summed E-state index contributed by atoms with van der Waals surface area (Å²) in [5.74, 6) is 1.52. The van der Waals surface area contributed by atoms with Crippen molar-refractivity contribution < 1.29 is 14.0 Å². The predicted molar refractivity (Wildman–Crippen MR) is 98.7 cm³/mol. The van der Waals surface area contributed by atoms with Crippen molar-refractivity contribution in [2.75, 3.05) is 44.2 Å². The number of aryl methyl sites for hydroxylation is 1. The number of hydrogen-bond acceptors (Lipinski definition) is 6. The number of amides is 2. The summed E-state index contributed by atoms with van der Waals surface area (Å²) >= 11 is 0. The average Bonchev–Trinajstić information content (AvgIpc) is 3.40. The van der Waals surface area contributed by atoms with Gasteiger partial charge in [-0.05, 0) is 31.9 Å². The first-order chi connectivity index (χ1) is 13.1. The van der Waals surface area contributed by atoms with Crippen LogP contribution < -0.4 is 4.90 Å². The highest BCUT2D eigenvalue weighted by Crippen LogP contribution is 2.20. The predicted octanol–water partition coefficient (Wildman–Crippen LogP) is 1.58. The molecule has 2 fully saturated rings. The number of anilines is 1. The molecule has 0 aromatic carbocycles. The molecule has 8 heteroatoms. The van der Waals surface area contributed by atoms with Gasteiger partial charge in [0.1, 0.15) is 17.3 Å². The molecule has 4 rings (SSSR count). The standard InChI is InChI=1S/C19H23N5O3/c1-14-20-15(13-17(21-14)22-6-2-3-7-22)18(25)23-8-10-24(11-9-23)19(26)16-5-4-12-27-16/h4-5,12-13H,2-3,6-11H2,1H3. The van der Waals surface area contributed by atoms with E-state index >= 15 is 0 Å². The van der Waals surface area contributed by atoms with E-state index in [1.807, 2.05) is 6.92 Å². The van der Waals surface area contributed by atoms with Gasteiger partial charge in [-0.25, -0.2) is 9.97 Å². The SMILES string of the molecule is Cc1nc(C(=O)N2CCN(C(=O)c3ccco3)CC2)cc(N2CCCC2)n1. The molecular weight excluding hydrogens is 346 g/mol. The summed E-state index contributed by atoms with van der Waals surface area (Å²) in [7, 11) is 0. The molecule has 0 spiro atoms. The molecule has 0 bridgehead atoms. The van der Waals surface area contributed by atoms with Gasteiger partial charge in [0.05, 0.1) is 6.26 Å². The maximum atomic E-state index is 12.9. The van der Waals surface area contributed by atoms with Gasteiger partial charge in [0, 0.05) is 45.3 Å². The van der Waals surface area contributed by atoms with Gasteiger partial charge in [-0.1, -0.05) is 0 Å². The Hall–Kier alpha value is -2.90. The monoisotopic (exact) mass is 369 g/mol. The molecule has 0 radical (unpaired) electrons. The van der Waals surface area contributed by atoms with Gasteiger partial charge in [0.15, 0.2) is 5.76 Å². The third-order valence-corrected chi connectivity index (χ3v) is 5.06. The van der Waals surface area contributed by atoms with E-state index in [9.17, 15) is 9.59 Å². The van der Waals surface area contributed by atoms with E-state index < -0.39 is 0 Å². The number of carbonyl (C=O) groups excluding carboxylic acids is 2. The lowest BCUT2D eigenvalue weighted by Crippen LogP contribution is -2.50. The molecule has 2 aromatic rings. The van der Waals surface area contributed by atoms with Gasteiger partial charge in [0.25, 0.3) is 11.8 Å². The van der Waals surface area contributed by atoms with Gasteiger partial charge in [-0.3, -0.25) is 9.59 Å². The van der Waals surface area contributed by atoms with E-state index in [-0.39, 0.29) is 11.8 Å². The molecule has 0 saturated carbocycles. The first kappa shape index (κ1) is 17.5. The lowest BCUT2D eigenvalue weighted by molar-refractivity contribution is 0.0515. The second kappa shape index (κ2) is 7.38. The number of furan rings is 1. The summed E-state index contributed by atoms with van der Waals surface area (Å²) in [6, 6.07) is 5.15. The number of carbonyl (C=O) groups is 2. The van der Waals surface area contributed by atoms with Gasteiger partial charge in [-0.2, -0.15) is 0 Å². The minimum atomic E-state index is -0.138. The lowest BCUT2D eigenvalue weighted by Gasteiger charge is -2.34. The van der Waals surface area contributed by atoms with Crippen molar-refractivity contribution in [3.63, 3.8) is 0 Å². The van der Waals surface area contributed by atoms with Crippen LogP contribution >= 0.6 is 0 Å². The summed E-state index contributed by atoms with van der Waals surface area (Å²) in [6.45, 7) is 5.68. The van der Waals surface area contributed by atoms with E-state index in [2.05, 4.69) is 14.9 Å². The van der Waals surface area contributed by atoms with Crippen molar-refractivity contribution in [2.45, 2.75) is 19.8 Å². The zero-order chi connectivity index (χ0) is 18.8. The van der Waals surface area contributed by atoms with Gasteiger partial charge in [0.2, 0.25) is 0 Å². The van der Waals surface area contributed by atoms with Gasteiger partial charge >= 0.3 is 0 Å². The highest BCUT2D eigenvalue weighted by molar-refractivity contribution is 5.94. The van der Waals surface area contributed by atoms with Crippen LogP contribution in [0.5, 0.6) is 0 Å². The average molecular weight is 369 g/mol. The van der Waals surface area contributed by atoms with Crippen LogP contribution in [0.15, 0.2) is 28.9 Å². The minimum absolute atomic E-state index is 0.106. The Morgan fingerprint density at radius 1 is 0.963 bits per heavy atom. The Labute approximate surface area is 157 Å². The Morgan fingerprint density at radius 3 is 2.26 bits per heavy atom. The largest absolute Gasteiger partial charge is 0.459 e. The van der Waals surface area contributed by atoms with E-state index in [1.54, 1.807) is 28.0 Å². The zero-order valence-corrected chi connectivity index (χ0v) is 15.4. The summed E-state index contributed by atoms with van der Waals surface area (Å²) in [5.41, 5.74) is 0.426. The maximum Gasteiger partial charge on any atom is 0.289 e. The summed E-state index contributed by atoms with van der Waals surface area (Å²) < 4.78 is 5.17. The molecule has 0 unspecified atom stereocenters. The minimum Gasteiger partial charge on any atom is -0.459 e. The Bertz CT molecular complexity index is 822. The molecule has 0 atom stereocenters. The molecule has 4 heterocycles. The van der Waals surface area contributed by atoms with Crippen LogP contribution in [0.4, 0.5) is 5.82 Å². The number of nitrogens with zero attached hydrogens (tertiary/aromatic N) is 5. The van der Waals surface area contributed by atoms with E-state index in [1.165, 1.54) is 6.26 Å². The molecule has 2 aliphatic rings. The fourth-order valence-corrected chi connectivity index (χ4v) is 3.60. The molecule has 0 aliphatic carbocycles. The van der Waals surface area contributed by atoms with Crippen LogP contribution in [0.25, 0.3) is 0 Å². The fraction of sp³-hybridized carbons (Fsp3) is 0.474. The zero-order valence-electron chi connectivity index (χ0n) is 15.4. The Balaban J connectivity index is 1.43. The molecule has 2 saturated heterocycles.